The molecule has 1 fully saturated rings. The third-order valence-electron chi connectivity index (χ3n) is 4.87. The molecule has 3 heteroatoms. The van der Waals surface area contributed by atoms with Crippen LogP contribution in [0.4, 0.5) is 0 Å². The van der Waals surface area contributed by atoms with E-state index < -0.39 is 12.0 Å². The number of amides is 2. The number of benzene rings is 3. The largest absolute Gasteiger partial charge is 0.274 e. The highest BCUT2D eigenvalue weighted by atomic mass is 16.2. The Morgan fingerprint density at radius 2 is 1.15 bits per heavy atom. The van der Waals surface area contributed by atoms with Crippen molar-refractivity contribution in [2.45, 2.75) is 18.4 Å². The predicted molar refractivity (Wildman–Crippen MR) is 100 cm³/mol. The minimum Gasteiger partial charge on any atom is -0.274 e. The smallest absolute Gasteiger partial charge is 0.238 e. The van der Waals surface area contributed by atoms with Gasteiger partial charge in [-0.15, -0.1) is 0 Å². The molecular formula is C23H19NO2. The van der Waals surface area contributed by atoms with Gasteiger partial charge in [0.1, 0.15) is 0 Å². The zero-order valence-corrected chi connectivity index (χ0v) is 14.3. The maximum Gasteiger partial charge on any atom is 0.238 e. The van der Waals surface area contributed by atoms with Gasteiger partial charge >= 0.3 is 0 Å². The van der Waals surface area contributed by atoms with E-state index in [4.69, 9.17) is 0 Å². The molecule has 0 saturated carbocycles. The van der Waals surface area contributed by atoms with Crippen molar-refractivity contribution in [3.05, 3.63) is 108 Å². The van der Waals surface area contributed by atoms with E-state index in [1.165, 1.54) is 4.90 Å². The lowest BCUT2D eigenvalue weighted by Crippen LogP contribution is -2.35. The van der Waals surface area contributed by atoms with E-state index in [9.17, 15) is 9.59 Å². The number of hydrogen-bond acceptors (Lipinski definition) is 2. The zero-order valence-electron chi connectivity index (χ0n) is 14.3. The molecule has 2 amide bonds. The minimum absolute atomic E-state index is 0.124. The first-order valence-corrected chi connectivity index (χ1v) is 8.76. The summed E-state index contributed by atoms with van der Waals surface area (Å²) in [5.74, 6) is -0.654. The van der Waals surface area contributed by atoms with Crippen LogP contribution >= 0.6 is 0 Å². The number of likely N-dealkylation sites (tertiary alicyclic amines) is 1. The summed E-state index contributed by atoms with van der Waals surface area (Å²) in [7, 11) is 0. The van der Waals surface area contributed by atoms with E-state index in [-0.39, 0.29) is 18.2 Å². The molecule has 0 unspecified atom stereocenters. The van der Waals surface area contributed by atoms with Gasteiger partial charge in [0, 0.05) is 6.42 Å². The second-order valence-electron chi connectivity index (χ2n) is 6.49. The van der Waals surface area contributed by atoms with Gasteiger partial charge in [0.2, 0.25) is 11.8 Å². The predicted octanol–water partition coefficient (Wildman–Crippen LogP) is 4.32. The van der Waals surface area contributed by atoms with Crippen molar-refractivity contribution in [2.75, 3.05) is 0 Å². The monoisotopic (exact) mass is 341 g/mol. The van der Waals surface area contributed by atoms with E-state index in [2.05, 4.69) is 0 Å². The first-order valence-electron chi connectivity index (χ1n) is 8.76. The first kappa shape index (κ1) is 16.3. The van der Waals surface area contributed by atoms with Gasteiger partial charge in [-0.2, -0.15) is 0 Å². The van der Waals surface area contributed by atoms with Crippen molar-refractivity contribution < 1.29 is 9.59 Å². The van der Waals surface area contributed by atoms with Crippen molar-refractivity contribution in [2.24, 2.45) is 0 Å². The van der Waals surface area contributed by atoms with Crippen molar-refractivity contribution in [1.29, 1.82) is 0 Å². The fourth-order valence-corrected chi connectivity index (χ4v) is 3.63. The highest BCUT2D eigenvalue weighted by Gasteiger charge is 2.43. The van der Waals surface area contributed by atoms with E-state index in [1.807, 2.05) is 91.0 Å². The molecule has 0 N–H and O–H groups in total. The molecule has 0 bridgehead atoms. The molecule has 3 nitrogen and oxygen atoms in total. The van der Waals surface area contributed by atoms with Crippen LogP contribution in [-0.4, -0.2) is 16.7 Å². The second kappa shape index (κ2) is 6.96. The lowest BCUT2D eigenvalue weighted by atomic mass is 9.96. The summed E-state index contributed by atoms with van der Waals surface area (Å²) in [5, 5.41) is 0. The Hall–Kier alpha value is -3.20. The molecule has 3 aromatic carbocycles. The summed E-state index contributed by atoms with van der Waals surface area (Å²) in [6, 6.07) is 28.6. The Kier molecular flexibility index (Phi) is 4.36. The van der Waals surface area contributed by atoms with Crippen LogP contribution in [0.5, 0.6) is 0 Å². The molecule has 1 aliphatic rings. The molecular weight excluding hydrogens is 322 g/mol. The van der Waals surface area contributed by atoms with E-state index in [0.29, 0.717) is 0 Å². The Balaban J connectivity index is 1.77. The highest BCUT2D eigenvalue weighted by Crippen LogP contribution is 2.38. The molecule has 3 aromatic rings. The lowest BCUT2D eigenvalue weighted by Gasteiger charge is -2.27. The third kappa shape index (κ3) is 2.92. The van der Waals surface area contributed by atoms with Gasteiger partial charge in [0.25, 0.3) is 0 Å². The van der Waals surface area contributed by atoms with Crippen LogP contribution < -0.4 is 0 Å². The Morgan fingerprint density at radius 1 is 0.692 bits per heavy atom. The molecule has 1 aliphatic heterocycles. The first-order chi connectivity index (χ1) is 12.8. The number of carbonyl (C=O) groups is 2. The summed E-state index contributed by atoms with van der Waals surface area (Å²) in [6.45, 7) is 0. The Labute approximate surface area is 152 Å². The molecule has 128 valence electrons. The summed E-state index contributed by atoms with van der Waals surface area (Å²) in [4.78, 5) is 27.5. The minimum atomic E-state index is -0.404. The van der Waals surface area contributed by atoms with E-state index in [1.54, 1.807) is 0 Å². The summed E-state index contributed by atoms with van der Waals surface area (Å²) < 4.78 is 0. The SMILES string of the molecule is O=C1C[C@@H](c2ccccc2)C(=O)N1C(c1ccccc1)c1ccccc1. The fourth-order valence-electron chi connectivity index (χ4n) is 3.63. The molecule has 4 rings (SSSR count). The number of hydrogen-bond donors (Lipinski definition) is 0. The average Bonchev–Trinajstić information content (AvgIpc) is 2.99. The van der Waals surface area contributed by atoms with Crippen LogP contribution in [0, 0.1) is 0 Å². The lowest BCUT2D eigenvalue weighted by molar-refractivity contribution is -0.140. The Bertz CT molecular complexity index is 867. The maximum absolute atomic E-state index is 13.2. The topological polar surface area (TPSA) is 37.4 Å². The number of nitrogens with zero attached hydrogens (tertiary/aromatic N) is 1. The highest BCUT2D eigenvalue weighted by molar-refractivity contribution is 6.06. The van der Waals surface area contributed by atoms with E-state index in [0.717, 1.165) is 16.7 Å². The van der Waals surface area contributed by atoms with Gasteiger partial charge in [-0.25, -0.2) is 0 Å². The van der Waals surface area contributed by atoms with Crippen molar-refractivity contribution in [1.82, 2.24) is 4.90 Å². The van der Waals surface area contributed by atoms with Gasteiger partial charge in [0.15, 0.2) is 0 Å². The van der Waals surface area contributed by atoms with Crippen molar-refractivity contribution in [3.8, 4) is 0 Å². The van der Waals surface area contributed by atoms with Gasteiger partial charge < -0.3 is 0 Å². The summed E-state index contributed by atoms with van der Waals surface area (Å²) in [5.41, 5.74) is 2.77. The molecule has 1 atom stereocenters. The van der Waals surface area contributed by atoms with Crippen LogP contribution in [0.15, 0.2) is 91.0 Å². The van der Waals surface area contributed by atoms with Crippen LogP contribution in [0.1, 0.15) is 35.1 Å². The number of rotatable bonds is 4. The fraction of sp³-hybridized carbons (Fsp3) is 0.130. The van der Waals surface area contributed by atoms with E-state index >= 15 is 0 Å². The van der Waals surface area contributed by atoms with Gasteiger partial charge in [-0.1, -0.05) is 91.0 Å². The number of carbonyl (C=O) groups excluding carboxylic acids is 2. The molecule has 0 aromatic heterocycles. The van der Waals surface area contributed by atoms with Gasteiger partial charge in [-0.3, -0.25) is 14.5 Å². The third-order valence-corrected chi connectivity index (χ3v) is 4.87. The molecule has 1 saturated heterocycles. The normalized spacial score (nSPS) is 17.1. The summed E-state index contributed by atoms with van der Waals surface area (Å²) >= 11 is 0. The molecule has 0 aliphatic carbocycles. The quantitative estimate of drug-likeness (QED) is 0.663. The molecule has 0 spiro atoms. The number of imide groups is 1. The standard InChI is InChI=1S/C23H19NO2/c25-21-16-20(17-10-4-1-5-11-17)23(26)24(21)22(18-12-6-2-7-13-18)19-14-8-3-9-15-19/h1-15,20,22H,16H2/t20-/m0/s1. The zero-order chi connectivity index (χ0) is 17.9. The Morgan fingerprint density at radius 3 is 1.65 bits per heavy atom. The van der Waals surface area contributed by atoms with Crippen LogP contribution in [0.3, 0.4) is 0 Å². The van der Waals surface area contributed by atoms with Crippen LogP contribution in [0.2, 0.25) is 0 Å². The maximum atomic E-state index is 13.2. The van der Waals surface area contributed by atoms with Crippen LogP contribution in [0.25, 0.3) is 0 Å². The molecule has 0 radical (unpaired) electrons. The van der Waals surface area contributed by atoms with Crippen molar-refractivity contribution >= 4 is 11.8 Å². The van der Waals surface area contributed by atoms with Gasteiger partial charge in [0.05, 0.1) is 12.0 Å². The van der Waals surface area contributed by atoms with Crippen molar-refractivity contribution in [3.63, 3.8) is 0 Å². The molecule has 26 heavy (non-hydrogen) atoms. The van der Waals surface area contributed by atoms with Gasteiger partial charge in [-0.05, 0) is 16.7 Å². The van der Waals surface area contributed by atoms with Crippen LogP contribution in [-0.2, 0) is 9.59 Å². The molecule has 1 heterocycles. The summed E-state index contributed by atoms with van der Waals surface area (Å²) in [6.07, 6.45) is 0.221. The second-order valence-corrected chi connectivity index (χ2v) is 6.49. The average molecular weight is 341 g/mol.